The van der Waals surface area contributed by atoms with E-state index >= 15 is 0 Å². The Labute approximate surface area is 118 Å². The van der Waals surface area contributed by atoms with E-state index in [1.165, 1.54) is 4.90 Å². The average molecular weight is 282 g/mol. The highest BCUT2D eigenvalue weighted by Crippen LogP contribution is 2.47. The van der Waals surface area contributed by atoms with Crippen LogP contribution in [-0.2, 0) is 9.59 Å². The van der Waals surface area contributed by atoms with Crippen molar-refractivity contribution >= 4 is 23.6 Å². The summed E-state index contributed by atoms with van der Waals surface area (Å²) in [6.45, 7) is 9.94. The molecular weight excluding hydrogens is 262 g/mol. The zero-order chi connectivity index (χ0) is 14.3. The molecule has 4 nitrogen and oxygen atoms in total. The third-order valence-electron chi connectivity index (χ3n) is 3.63. The van der Waals surface area contributed by atoms with Gasteiger partial charge < -0.3 is 12.0 Å². The van der Waals surface area contributed by atoms with E-state index in [-0.39, 0.29) is 28.8 Å². The van der Waals surface area contributed by atoms with Crippen LogP contribution in [0.1, 0.15) is 27.2 Å². The fraction of sp³-hybridized carbons (Fsp3) is 0.643. The first-order chi connectivity index (χ1) is 8.84. The molecule has 2 heterocycles. The van der Waals surface area contributed by atoms with Gasteiger partial charge in [-0.1, -0.05) is 26.3 Å². The van der Waals surface area contributed by atoms with Crippen molar-refractivity contribution in [1.82, 2.24) is 4.90 Å². The number of carbonyl (C=O) groups is 2. The second-order valence-electron chi connectivity index (χ2n) is 5.73. The third-order valence-corrected chi connectivity index (χ3v) is 4.99. The Kier molecular flexibility index (Phi) is 3.95. The molecule has 2 aliphatic rings. The minimum absolute atomic E-state index is 0.00324. The van der Waals surface area contributed by atoms with Gasteiger partial charge in [-0.15, -0.1) is 17.7 Å². The van der Waals surface area contributed by atoms with E-state index in [0.29, 0.717) is 11.7 Å². The Morgan fingerprint density at radius 1 is 1.53 bits per heavy atom. The summed E-state index contributed by atoms with van der Waals surface area (Å²) in [5, 5.41) is 9.38. The van der Waals surface area contributed by atoms with Gasteiger partial charge in [0, 0.05) is 5.75 Å². The van der Waals surface area contributed by atoms with Gasteiger partial charge in [-0.3, -0.25) is 9.69 Å². The number of carbonyl (C=O) groups excluding carboxylic acids is 1. The fourth-order valence-corrected chi connectivity index (χ4v) is 4.28. The Balaban J connectivity index is 2.28. The van der Waals surface area contributed by atoms with E-state index in [1.807, 2.05) is 6.92 Å². The molecule has 0 saturated carbocycles. The molecule has 1 N–H and O–H groups in total. The Bertz CT molecular complexity index is 442. The van der Waals surface area contributed by atoms with Crippen LogP contribution in [-0.4, -0.2) is 33.0 Å². The molecule has 0 spiro atoms. The maximum absolute atomic E-state index is 12.2. The van der Waals surface area contributed by atoms with Gasteiger partial charge in [-0.05, 0) is 12.3 Å². The number of aliphatic carboxylic acids is 1. The maximum atomic E-state index is 12.2. The van der Waals surface area contributed by atoms with Crippen molar-refractivity contribution in [2.75, 3.05) is 5.75 Å². The molecule has 1 fully saturated rings. The number of rotatable bonds is 4. The van der Waals surface area contributed by atoms with Crippen LogP contribution in [0.4, 0.5) is 0 Å². The minimum atomic E-state index is -1.01. The second-order valence-corrected chi connectivity index (χ2v) is 6.83. The van der Waals surface area contributed by atoms with Crippen molar-refractivity contribution in [2.45, 2.75) is 32.6 Å². The Morgan fingerprint density at radius 2 is 2.16 bits per heavy atom. The van der Waals surface area contributed by atoms with E-state index in [4.69, 9.17) is 0 Å². The molecule has 0 bridgehead atoms. The van der Waals surface area contributed by atoms with Crippen LogP contribution < -0.4 is 0 Å². The molecule has 1 amide bonds. The number of thioether (sulfide) groups is 1. The first kappa shape index (κ1) is 14.4. The zero-order valence-electron chi connectivity index (χ0n) is 11.5. The molecular formula is C14H20NO3S-. The topological polar surface area (TPSA) is 57.6 Å². The standard InChI is InChI=1S/C14H20NO3S/c1-7(2)5-9-12(16)15-11(14(17)18)10(8(3)4)6-19-13(9)15/h7-9,13H,3,5-6H2,1-2,4H3,(H,17,18)/q-1. The first-order valence-corrected chi connectivity index (χ1v) is 7.63. The number of β-lactam (4-membered cyclic amide) rings is 1. The van der Waals surface area contributed by atoms with E-state index in [1.54, 1.807) is 11.8 Å². The number of hydrogen-bond donors (Lipinski definition) is 1. The van der Waals surface area contributed by atoms with Crippen molar-refractivity contribution < 1.29 is 14.7 Å². The van der Waals surface area contributed by atoms with E-state index in [0.717, 1.165) is 12.0 Å². The normalized spacial score (nSPS) is 28.3. The zero-order valence-corrected chi connectivity index (χ0v) is 12.4. The van der Waals surface area contributed by atoms with Gasteiger partial charge in [0.1, 0.15) is 5.70 Å². The molecule has 0 aliphatic carbocycles. The van der Waals surface area contributed by atoms with Gasteiger partial charge in [0.05, 0.1) is 11.3 Å². The summed E-state index contributed by atoms with van der Waals surface area (Å²) >= 11 is 1.67. The number of carboxylic acid groups (broad SMARTS) is 1. The van der Waals surface area contributed by atoms with Crippen molar-refractivity contribution in [3.63, 3.8) is 0 Å². The lowest BCUT2D eigenvalue weighted by Gasteiger charge is -2.51. The molecule has 5 heteroatoms. The van der Waals surface area contributed by atoms with Crippen molar-refractivity contribution in [1.29, 1.82) is 0 Å². The molecule has 3 unspecified atom stereocenters. The molecule has 0 aromatic carbocycles. The van der Waals surface area contributed by atoms with Crippen LogP contribution in [0.3, 0.4) is 0 Å². The summed E-state index contributed by atoms with van der Waals surface area (Å²) in [6.07, 6.45) is 0.829. The van der Waals surface area contributed by atoms with Crippen molar-refractivity contribution in [3.05, 3.63) is 18.2 Å². The van der Waals surface area contributed by atoms with E-state index in [2.05, 4.69) is 20.8 Å². The number of hydrogen-bond acceptors (Lipinski definition) is 3. The predicted octanol–water partition coefficient (Wildman–Crippen LogP) is 2.37. The predicted molar refractivity (Wildman–Crippen MR) is 75.2 cm³/mol. The van der Waals surface area contributed by atoms with Crippen LogP contribution in [0.25, 0.3) is 0 Å². The van der Waals surface area contributed by atoms with Gasteiger partial charge in [-0.25, -0.2) is 4.79 Å². The average Bonchev–Trinajstić information content (AvgIpc) is 2.33. The van der Waals surface area contributed by atoms with Crippen LogP contribution in [0.15, 0.2) is 11.3 Å². The van der Waals surface area contributed by atoms with E-state index < -0.39 is 5.97 Å². The molecule has 0 aromatic rings. The summed E-state index contributed by atoms with van der Waals surface area (Å²) in [5.41, 5.74) is 0.946. The lowest BCUT2D eigenvalue weighted by atomic mass is 9.87. The third kappa shape index (κ3) is 2.40. The van der Waals surface area contributed by atoms with Crippen molar-refractivity contribution in [2.24, 2.45) is 17.8 Å². The van der Waals surface area contributed by atoms with Crippen LogP contribution in [0.2, 0.25) is 0 Å². The van der Waals surface area contributed by atoms with Gasteiger partial charge >= 0.3 is 5.97 Å². The van der Waals surface area contributed by atoms with Crippen LogP contribution in [0, 0.1) is 24.7 Å². The molecule has 1 saturated heterocycles. The van der Waals surface area contributed by atoms with Crippen LogP contribution in [0.5, 0.6) is 0 Å². The minimum Gasteiger partial charge on any atom is -0.477 e. The largest absolute Gasteiger partial charge is 0.477 e. The highest BCUT2D eigenvalue weighted by molar-refractivity contribution is 8.00. The van der Waals surface area contributed by atoms with Crippen LogP contribution >= 0.6 is 11.8 Å². The number of carboxylic acids is 1. The molecule has 2 aliphatic heterocycles. The van der Waals surface area contributed by atoms with Gasteiger partial charge in [0.15, 0.2) is 0 Å². The molecule has 106 valence electrons. The smallest absolute Gasteiger partial charge is 0.352 e. The lowest BCUT2D eigenvalue weighted by molar-refractivity contribution is -0.153. The first-order valence-electron chi connectivity index (χ1n) is 6.58. The Hall–Kier alpha value is -0.970. The van der Waals surface area contributed by atoms with Gasteiger partial charge in [-0.2, -0.15) is 0 Å². The molecule has 2 rings (SSSR count). The second kappa shape index (κ2) is 5.19. The molecule has 19 heavy (non-hydrogen) atoms. The fourth-order valence-electron chi connectivity index (χ4n) is 2.69. The maximum Gasteiger partial charge on any atom is 0.352 e. The summed E-state index contributed by atoms with van der Waals surface area (Å²) in [7, 11) is 0. The highest BCUT2D eigenvalue weighted by Gasteiger charge is 2.52. The van der Waals surface area contributed by atoms with Gasteiger partial charge in [0.2, 0.25) is 5.91 Å². The summed E-state index contributed by atoms with van der Waals surface area (Å²) in [4.78, 5) is 25.1. The summed E-state index contributed by atoms with van der Waals surface area (Å²) < 4.78 is 0. The summed E-state index contributed by atoms with van der Waals surface area (Å²) in [5.74, 6) is -0.0525. The number of fused-ring (bicyclic) bond motifs is 1. The van der Waals surface area contributed by atoms with Crippen molar-refractivity contribution in [3.8, 4) is 0 Å². The number of amides is 1. The SMILES string of the molecule is [CH2-]C(C)C1=C(C(=O)O)N2C(=O)C(CC(C)C)C2SC1. The van der Waals surface area contributed by atoms with Gasteiger partial charge in [0.25, 0.3) is 0 Å². The Morgan fingerprint density at radius 3 is 2.63 bits per heavy atom. The summed E-state index contributed by atoms with van der Waals surface area (Å²) in [6, 6.07) is 0. The highest BCUT2D eigenvalue weighted by atomic mass is 32.2. The molecule has 0 radical (unpaired) electrons. The monoisotopic (exact) mass is 282 g/mol. The van der Waals surface area contributed by atoms with E-state index in [9.17, 15) is 14.7 Å². The number of nitrogens with zero attached hydrogens (tertiary/aromatic N) is 1. The molecule has 0 aromatic heterocycles. The lowest BCUT2D eigenvalue weighted by Crippen LogP contribution is -2.61. The molecule has 3 atom stereocenters. The quantitative estimate of drug-likeness (QED) is 0.635.